The highest BCUT2D eigenvalue weighted by molar-refractivity contribution is 5.72. The number of carbonyl (C=O) groups excluding carboxylic acids is 1. The van der Waals surface area contributed by atoms with Crippen molar-refractivity contribution in [1.82, 2.24) is 10.3 Å². The molecule has 100 valence electrons. The molecular formula is C14H18N4O. The molecule has 0 unspecified atom stereocenters. The van der Waals surface area contributed by atoms with Gasteiger partial charge >= 0.3 is 0 Å². The molecule has 5 nitrogen and oxygen atoms in total. The minimum atomic E-state index is 0.00711. The Morgan fingerprint density at radius 1 is 1.68 bits per heavy atom. The lowest BCUT2D eigenvalue weighted by Crippen LogP contribution is -2.41. The molecule has 1 aromatic rings. The second-order valence-corrected chi connectivity index (χ2v) is 4.88. The van der Waals surface area contributed by atoms with Crippen molar-refractivity contribution in [1.29, 1.82) is 5.26 Å². The van der Waals surface area contributed by atoms with Crippen LogP contribution in [-0.2, 0) is 4.79 Å². The van der Waals surface area contributed by atoms with Crippen LogP contribution >= 0.6 is 0 Å². The van der Waals surface area contributed by atoms with Crippen molar-refractivity contribution in [3.63, 3.8) is 0 Å². The number of pyridine rings is 1. The van der Waals surface area contributed by atoms with Crippen LogP contribution in [0.25, 0.3) is 0 Å². The lowest BCUT2D eigenvalue weighted by Gasteiger charge is -2.34. The van der Waals surface area contributed by atoms with Crippen LogP contribution in [0.4, 0.5) is 5.82 Å². The molecule has 1 aliphatic rings. The number of amides is 1. The van der Waals surface area contributed by atoms with Gasteiger partial charge in [0.2, 0.25) is 5.91 Å². The second kappa shape index (κ2) is 6.19. The van der Waals surface area contributed by atoms with Gasteiger partial charge < -0.3 is 10.2 Å². The van der Waals surface area contributed by atoms with Crippen LogP contribution in [0.1, 0.15) is 25.3 Å². The molecule has 0 bridgehead atoms. The summed E-state index contributed by atoms with van der Waals surface area (Å²) >= 11 is 0. The number of piperidine rings is 1. The molecule has 19 heavy (non-hydrogen) atoms. The number of aromatic nitrogens is 1. The minimum Gasteiger partial charge on any atom is -0.356 e. The number of hydrogen-bond acceptors (Lipinski definition) is 4. The number of carbonyl (C=O) groups is 1. The van der Waals surface area contributed by atoms with E-state index in [-0.39, 0.29) is 5.91 Å². The quantitative estimate of drug-likeness (QED) is 0.887. The molecular weight excluding hydrogens is 240 g/mol. The minimum absolute atomic E-state index is 0.00711. The zero-order valence-corrected chi connectivity index (χ0v) is 11.1. The first kappa shape index (κ1) is 13.3. The van der Waals surface area contributed by atoms with Crippen molar-refractivity contribution in [2.24, 2.45) is 5.92 Å². The number of nitrogens with zero attached hydrogens (tertiary/aromatic N) is 3. The summed E-state index contributed by atoms with van der Waals surface area (Å²) in [6, 6.07) is 5.75. The number of hydrogen-bond donors (Lipinski definition) is 1. The summed E-state index contributed by atoms with van der Waals surface area (Å²) in [6.45, 7) is 3.99. The highest BCUT2D eigenvalue weighted by Crippen LogP contribution is 2.23. The highest BCUT2D eigenvalue weighted by Gasteiger charge is 2.22. The Hall–Kier alpha value is -2.09. The average Bonchev–Trinajstić information content (AvgIpc) is 2.45. The molecule has 1 atom stereocenters. The predicted octanol–water partition coefficient (Wildman–Crippen LogP) is 1.31. The summed E-state index contributed by atoms with van der Waals surface area (Å²) in [5.41, 5.74) is 0.614. The smallest absolute Gasteiger partial charge is 0.216 e. The molecule has 0 saturated carbocycles. The molecule has 0 aliphatic carbocycles. The molecule has 1 aliphatic heterocycles. The van der Waals surface area contributed by atoms with E-state index >= 15 is 0 Å². The number of rotatable bonds is 3. The molecule has 1 fully saturated rings. The van der Waals surface area contributed by atoms with Gasteiger partial charge in [0, 0.05) is 32.8 Å². The van der Waals surface area contributed by atoms with Crippen LogP contribution in [0.15, 0.2) is 18.3 Å². The third kappa shape index (κ3) is 3.44. The molecule has 2 rings (SSSR count). The topological polar surface area (TPSA) is 69.0 Å². The first-order valence-corrected chi connectivity index (χ1v) is 6.55. The van der Waals surface area contributed by atoms with Crippen molar-refractivity contribution in [2.45, 2.75) is 19.8 Å². The fraction of sp³-hybridized carbons (Fsp3) is 0.500. The van der Waals surface area contributed by atoms with Gasteiger partial charge in [0.1, 0.15) is 11.9 Å². The zero-order valence-electron chi connectivity index (χ0n) is 11.1. The molecule has 1 amide bonds. The fourth-order valence-corrected chi connectivity index (χ4v) is 2.45. The van der Waals surface area contributed by atoms with Crippen LogP contribution in [0.2, 0.25) is 0 Å². The zero-order chi connectivity index (χ0) is 13.7. The Balaban J connectivity index is 2.04. The Bertz CT molecular complexity index is 494. The lowest BCUT2D eigenvalue weighted by atomic mass is 9.97. The van der Waals surface area contributed by atoms with Crippen LogP contribution in [0.3, 0.4) is 0 Å². The van der Waals surface area contributed by atoms with Crippen molar-refractivity contribution in [3.8, 4) is 6.07 Å². The van der Waals surface area contributed by atoms with Gasteiger partial charge in [-0.2, -0.15) is 5.26 Å². The third-order valence-corrected chi connectivity index (χ3v) is 3.37. The van der Waals surface area contributed by atoms with Gasteiger partial charge in [-0.3, -0.25) is 4.79 Å². The molecule has 5 heteroatoms. The maximum absolute atomic E-state index is 11.0. The number of anilines is 1. The Morgan fingerprint density at radius 3 is 3.26 bits per heavy atom. The second-order valence-electron chi connectivity index (χ2n) is 4.88. The van der Waals surface area contributed by atoms with Crippen molar-refractivity contribution in [2.75, 3.05) is 24.5 Å². The maximum Gasteiger partial charge on any atom is 0.216 e. The van der Waals surface area contributed by atoms with Crippen molar-refractivity contribution >= 4 is 11.7 Å². The van der Waals surface area contributed by atoms with E-state index in [2.05, 4.69) is 21.3 Å². The first-order chi connectivity index (χ1) is 9.20. The highest BCUT2D eigenvalue weighted by atomic mass is 16.1. The average molecular weight is 258 g/mol. The van der Waals surface area contributed by atoms with Gasteiger partial charge in [-0.05, 0) is 30.9 Å². The van der Waals surface area contributed by atoms with Gasteiger partial charge in [0.25, 0.3) is 0 Å². The number of nitrogens with one attached hydrogen (secondary N) is 1. The van der Waals surface area contributed by atoms with E-state index in [1.54, 1.807) is 18.3 Å². The van der Waals surface area contributed by atoms with E-state index in [0.717, 1.165) is 31.7 Å². The van der Waals surface area contributed by atoms with Gasteiger partial charge in [-0.1, -0.05) is 0 Å². The van der Waals surface area contributed by atoms with Crippen LogP contribution in [0.5, 0.6) is 0 Å². The summed E-state index contributed by atoms with van der Waals surface area (Å²) in [4.78, 5) is 17.4. The molecule has 1 N–H and O–H groups in total. The molecule has 1 saturated heterocycles. The Kier molecular flexibility index (Phi) is 4.35. The van der Waals surface area contributed by atoms with E-state index in [1.807, 2.05) is 0 Å². The molecule has 0 aromatic carbocycles. The molecule has 0 radical (unpaired) electrons. The van der Waals surface area contributed by atoms with E-state index in [0.29, 0.717) is 18.0 Å². The van der Waals surface area contributed by atoms with E-state index in [4.69, 9.17) is 5.26 Å². The van der Waals surface area contributed by atoms with Crippen molar-refractivity contribution < 1.29 is 4.79 Å². The summed E-state index contributed by atoms with van der Waals surface area (Å²) in [5.74, 6) is 1.19. The first-order valence-electron chi connectivity index (χ1n) is 6.55. The fourth-order valence-electron chi connectivity index (χ4n) is 2.45. The van der Waals surface area contributed by atoms with E-state index in [1.165, 1.54) is 6.92 Å². The Morgan fingerprint density at radius 2 is 2.53 bits per heavy atom. The normalized spacial score (nSPS) is 18.7. The largest absolute Gasteiger partial charge is 0.356 e. The van der Waals surface area contributed by atoms with Crippen LogP contribution in [0, 0.1) is 17.2 Å². The summed E-state index contributed by atoms with van der Waals surface area (Å²) in [7, 11) is 0. The third-order valence-electron chi connectivity index (χ3n) is 3.37. The van der Waals surface area contributed by atoms with E-state index in [9.17, 15) is 4.79 Å². The van der Waals surface area contributed by atoms with Gasteiger partial charge in [0.15, 0.2) is 0 Å². The molecule has 0 spiro atoms. The standard InChI is InChI=1S/C14H18N4O/c1-11(19)17-9-12-4-3-7-18(10-12)14-13(8-15)5-2-6-16-14/h2,5-6,12H,3-4,7,9-10H2,1H3,(H,17,19)/t12-/m0/s1. The SMILES string of the molecule is CC(=O)NC[C@@H]1CCCN(c2ncccc2C#N)C1. The monoisotopic (exact) mass is 258 g/mol. The van der Waals surface area contributed by atoms with Crippen LogP contribution < -0.4 is 10.2 Å². The van der Waals surface area contributed by atoms with Gasteiger partial charge in [-0.25, -0.2) is 4.98 Å². The summed E-state index contributed by atoms with van der Waals surface area (Å²) in [6.07, 6.45) is 3.88. The van der Waals surface area contributed by atoms with E-state index < -0.39 is 0 Å². The lowest BCUT2D eigenvalue weighted by molar-refractivity contribution is -0.119. The summed E-state index contributed by atoms with van der Waals surface area (Å²) < 4.78 is 0. The number of nitriles is 1. The molecule has 2 heterocycles. The van der Waals surface area contributed by atoms with Crippen molar-refractivity contribution in [3.05, 3.63) is 23.9 Å². The predicted molar refractivity (Wildman–Crippen MR) is 72.6 cm³/mol. The maximum atomic E-state index is 11.0. The Labute approximate surface area is 113 Å². The molecule has 1 aromatic heterocycles. The summed E-state index contributed by atoms with van der Waals surface area (Å²) in [5, 5.41) is 12.0. The van der Waals surface area contributed by atoms with Gasteiger partial charge in [0.05, 0.1) is 5.56 Å². The van der Waals surface area contributed by atoms with Crippen LogP contribution in [-0.4, -0.2) is 30.5 Å². The van der Waals surface area contributed by atoms with Gasteiger partial charge in [-0.15, -0.1) is 0 Å².